The first-order chi connectivity index (χ1) is 10.3. The van der Waals surface area contributed by atoms with Crippen molar-refractivity contribution in [2.45, 2.75) is 19.9 Å². The number of ether oxygens (including phenoxy) is 1. The van der Waals surface area contributed by atoms with Crippen LogP contribution in [-0.4, -0.2) is 21.1 Å². The van der Waals surface area contributed by atoms with Gasteiger partial charge in [-0.2, -0.15) is 0 Å². The van der Waals surface area contributed by atoms with E-state index in [-0.39, 0.29) is 0 Å². The maximum absolute atomic E-state index is 5.71. The summed E-state index contributed by atoms with van der Waals surface area (Å²) < 4.78 is 7.81. The minimum absolute atomic E-state index is 0.623. The Morgan fingerprint density at radius 1 is 1.19 bits per heavy atom. The van der Waals surface area contributed by atoms with Crippen molar-refractivity contribution in [3.63, 3.8) is 0 Å². The van der Waals surface area contributed by atoms with Crippen LogP contribution in [0.1, 0.15) is 17.7 Å². The molecule has 2 aromatic heterocycles. The summed E-state index contributed by atoms with van der Waals surface area (Å²) in [6.07, 6.45) is 4.40. The largest absolute Gasteiger partial charge is 0.493 e. The van der Waals surface area contributed by atoms with Crippen LogP contribution in [0.3, 0.4) is 0 Å². The van der Waals surface area contributed by atoms with Crippen LogP contribution in [-0.2, 0) is 6.54 Å². The quantitative estimate of drug-likeness (QED) is 0.719. The van der Waals surface area contributed by atoms with E-state index in [2.05, 4.69) is 27.5 Å². The van der Waals surface area contributed by atoms with Crippen LogP contribution < -0.4 is 4.74 Å². The molecule has 0 aliphatic rings. The molecule has 0 amide bonds. The maximum Gasteiger partial charge on any atom is 0.125 e. The van der Waals surface area contributed by atoms with Crippen LogP contribution >= 0.6 is 0 Å². The summed E-state index contributed by atoms with van der Waals surface area (Å²) in [7, 11) is 0. The zero-order valence-corrected chi connectivity index (χ0v) is 12.1. The van der Waals surface area contributed by atoms with Gasteiger partial charge in [-0.05, 0) is 38.5 Å². The Hall–Kier alpha value is -2.36. The summed E-state index contributed by atoms with van der Waals surface area (Å²) >= 11 is 0. The lowest BCUT2D eigenvalue weighted by atomic mass is 10.2. The molecular weight excluding hydrogens is 262 g/mol. The molecule has 0 saturated heterocycles. The van der Waals surface area contributed by atoms with Crippen LogP contribution in [0, 0.1) is 13.8 Å². The Morgan fingerprint density at radius 3 is 2.90 bits per heavy atom. The topological polar surface area (TPSA) is 39.9 Å². The maximum atomic E-state index is 5.71. The van der Waals surface area contributed by atoms with Gasteiger partial charge in [0.05, 0.1) is 36.2 Å². The van der Waals surface area contributed by atoms with Crippen LogP contribution in [0.15, 0.2) is 42.9 Å². The zero-order valence-electron chi connectivity index (χ0n) is 12.1. The minimum atomic E-state index is 0.623. The summed E-state index contributed by atoms with van der Waals surface area (Å²) in [6.45, 7) is 7.15. The third-order valence-corrected chi connectivity index (χ3v) is 3.51. The Labute approximate surface area is 124 Å². The second kappa shape index (κ2) is 5.95. The van der Waals surface area contributed by atoms with Gasteiger partial charge in [-0.25, -0.2) is 4.98 Å². The molecule has 0 aliphatic carbocycles. The Morgan fingerprint density at radius 2 is 2.05 bits per heavy atom. The molecule has 107 valence electrons. The predicted octanol–water partition coefficient (Wildman–Crippen LogP) is 3.39. The van der Waals surface area contributed by atoms with E-state index in [0.29, 0.717) is 13.2 Å². The first-order valence-electron chi connectivity index (χ1n) is 7.06. The second-order valence-electron chi connectivity index (χ2n) is 4.94. The highest BCUT2D eigenvalue weighted by Gasteiger charge is 2.09. The van der Waals surface area contributed by atoms with Crippen molar-refractivity contribution in [1.82, 2.24) is 14.5 Å². The predicted molar refractivity (Wildman–Crippen MR) is 83.3 cm³/mol. The van der Waals surface area contributed by atoms with E-state index in [1.165, 1.54) is 0 Å². The Balaban J connectivity index is 1.91. The first-order valence-corrected chi connectivity index (χ1v) is 7.06. The standard InChI is InChI=1S/C17H18N3O/c1-3-10-21-17-8-9-18-15(13(17)2)11-20-12-19-14-6-4-5-7-16(14)20/h4-9,12H,1,3,10-11H2,2H3. The van der Waals surface area contributed by atoms with Gasteiger partial charge < -0.3 is 9.30 Å². The van der Waals surface area contributed by atoms with E-state index >= 15 is 0 Å². The average Bonchev–Trinajstić information content (AvgIpc) is 2.91. The Bertz CT molecular complexity index is 749. The molecule has 3 aromatic rings. The van der Waals surface area contributed by atoms with Crippen molar-refractivity contribution in [3.8, 4) is 5.75 Å². The highest BCUT2D eigenvalue weighted by atomic mass is 16.5. The van der Waals surface area contributed by atoms with Crippen molar-refractivity contribution >= 4 is 11.0 Å². The third-order valence-electron chi connectivity index (χ3n) is 3.51. The Kier molecular flexibility index (Phi) is 3.86. The number of hydrogen-bond acceptors (Lipinski definition) is 3. The number of rotatable bonds is 5. The number of hydrogen-bond donors (Lipinski definition) is 0. The van der Waals surface area contributed by atoms with Gasteiger partial charge in [0.25, 0.3) is 0 Å². The van der Waals surface area contributed by atoms with Crippen molar-refractivity contribution in [2.75, 3.05) is 6.61 Å². The lowest BCUT2D eigenvalue weighted by Gasteiger charge is -2.12. The molecule has 1 radical (unpaired) electrons. The molecule has 21 heavy (non-hydrogen) atoms. The van der Waals surface area contributed by atoms with Crippen LogP contribution in [0.4, 0.5) is 0 Å². The van der Waals surface area contributed by atoms with Gasteiger partial charge in [-0.1, -0.05) is 12.1 Å². The van der Waals surface area contributed by atoms with Crippen LogP contribution in [0.25, 0.3) is 11.0 Å². The number of benzene rings is 1. The normalized spacial score (nSPS) is 11.0. The monoisotopic (exact) mass is 280 g/mol. The van der Waals surface area contributed by atoms with E-state index in [4.69, 9.17) is 4.74 Å². The molecule has 0 bridgehead atoms. The molecule has 0 fully saturated rings. The van der Waals surface area contributed by atoms with Gasteiger partial charge >= 0.3 is 0 Å². The highest BCUT2D eigenvalue weighted by Crippen LogP contribution is 2.21. The van der Waals surface area contributed by atoms with Crippen molar-refractivity contribution < 1.29 is 4.74 Å². The summed E-state index contributed by atoms with van der Waals surface area (Å²) in [5, 5.41) is 0. The number of pyridine rings is 1. The van der Waals surface area contributed by atoms with Crippen molar-refractivity contribution in [3.05, 3.63) is 61.0 Å². The van der Waals surface area contributed by atoms with E-state index in [1.807, 2.05) is 37.5 Å². The fraction of sp³-hybridized carbons (Fsp3) is 0.235. The fourth-order valence-electron chi connectivity index (χ4n) is 2.35. The molecule has 4 heteroatoms. The lowest BCUT2D eigenvalue weighted by Crippen LogP contribution is -2.05. The SMILES string of the molecule is [CH2]CCOc1ccnc(Cn2cnc3ccccc32)c1C. The number of aromatic nitrogens is 3. The average molecular weight is 280 g/mol. The van der Waals surface area contributed by atoms with Gasteiger partial charge in [-0.3, -0.25) is 4.98 Å². The van der Waals surface area contributed by atoms with Gasteiger partial charge in [0.15, 0.2) is 0 Å². The number of fused-ring (bicyclic) bond motifs is 1. The molecule has 0 N–H and O–H groups in total. The van der Waals surface area contributed by atoms with Crippen molar-refractivity contribution in [1.29, 1.82) is 0 Å². The molecule has 0 spiro atoms. The number of para-hydroxylation sites is 2. The second-order valence-corrected chi connectivity index (χ2v) is 4.94. The van der Waals surface area contributed by atoms with E-state index in [0.717, 1.165) is 34.5 Å². The highest BCUT2D eigenvalue weighted by molar-refractivity contribution is 5.75. The molecule has 0 atom stereocenters. The molecule has 4 nitrogen and oxygen atoms in total. The first kappa shape index (κ1) is 13.6. The van der Waals surface area contributed by atoms with Gasteiger partial charge in [0, 0.05) is 11.8 Å². The van der Waals surface area contributed by atoms with Crippen LogP contribution in [0.2, 0.25) is 0 Å². The van der Waals surface area contributed by atoms with Gasteiger partial charge in [0.1, 0.15) is 5.75 Å². The lowest BCUT2D eigenvalue weighted by molar-refractivity contribution is 0.321. The van der Waals surface area contributed by atoms with Crippen molar-refractivity contribution in [2.24, 2.45) is 0 Å². The summed E-state index contributed by atoms with van der Waals surface area (Å²) in [5.41, 5.74) is 4.19. The number of nitrogens with zero attached hydrogens (tertiary/aromatic N) is 3. The summed E-state index contributed by atoms with van der Waals surface area (Å²) in [6, 6.07) is 10.0. The zero-order chi connectivity index (χ0) is 14.7. The molecule has 1 aromatic carbocycles. The molecule has 2 heterocycles. The fourth-order valence-corrected chi connectivity index (χ4v) is 2.35. The van der Waals surface area contributed by atoms with E-state index in [1.54, 1.807) is 6.20 Å². The smallest absolute Gasteiger partial charge is 0.125 e. The molecule has 0 unspecified atom stereocenters. The molecule has 3 rings (SSSR count). The summed E-state index contributed by atoms with van der Waals surface area (Å²) in [5.74, 6) is 0.882. The summed E-state index contributed by atoms with van der Waals surface area (Å²) in [4.78, 5) is 8.90. The third kappa shape index (κ3) is 2.75. The molecule has 0 aliphatic heterocycles. The molecule has 0 saturated carbocycles. The van der Waals surface area contributed by atoms with E-state index < -0.39 is 0 Å². The van der Waals surface area contributed by atoms with Gasteiger partial charge in [0.2, 0.25) is 0 Å². The van der Waals surface area contributed by atoms with E-state index in [9.17, 15) is 0 Å². The minimum Gasteiger partial charge on any atom is -0.493 e. The van der Waals surface area contributed by atoms with Gasteiger partial charge in [-0.15, -0.1) is 0 Å². The van der Waals surface area contributed by atoms with Crippen LogP contribution in [0.5, 0.6) is 5.75 Å². The number of imidazole rings is 1. The molecular formula is C17H18N3O.